The van der Waals surface area contributed by atoms with E-state index in [1.54, 1.807) is 13.3 Å². The summed E-state index contributed by atoms with van der Waals surface area (Å²) in [6.45, 7) is 0. The minimum atomic E-state index is 0.422. The molecule has 0 unspecified atom stereocenters. The van der Waals surface area contributed by atoms with Gasteiger partial charge in [-0.05, 0) is 48.4 Å². The Labute approximate surface area is 112 Å². The van der Waals surface area contributed by atoms with Crippen LogP contribution in [-0.4, -0.2) is 17.2 Å². The van der Waals surface area contributed by atoms with Crippen LogP contribution in [0.15, 0.2) is 30.5 Å². The lowest BCUT2D eigenvalue weighted by Crippen LogP contribution is -2.03. The van der Waals surface area contributed by atoms with E-state index < -0.39 is 0 Å². The van der Waals surface area contributed by atoms with Crippen molar-refractivity contribution in [1.82, 2.24) is 4.98 Å². The van der Waals surface area contributed by atoms with Gasteiger partial charge in [0.15, 0.2) is 0 Å². The predicted molar refractivity (Wildman–Crippen MR) is 74.5 cm³/mol. The fraction of sp³-hybridized carbons (Fsp3) is 0.312. The van der Waals surface area contributed by atoms with Crippen molar-refractivity contribution >= 4 is 0 Å². The van der Waals surface area contributed by atoms with Gasteiger partial charge in [0, 0.05) is 17.8 Å². The Morgan fingerprint density at radius 3 is 2.84 bits per heavy atom. The number of fused-ring (bicyclic) bond motifs is 1. The number of methoxy groups -OCH3 is 1. The number of phenolic OH excluding ortho intramolecular Hbond substituents is 1. The third kappa shape index (κ3) is 2.16. The lowest BCUT2D eigenvalue weighted by molar-refractivity contribution is 0.398. The summed E-state index contributed by atoms with van der Waals surface area (Å²) < 4.78 is 5.14. The highest BCUT2D eigenvalue weighted by atomic mass is 16.5. The molecule has 1 N–H and O–H groups in total. The molecule has 0 spiro atoms. The molecular formula is C16H17NO2. The Balaban J connectivity index is 2.09. The normalized spacial score (nSPS) is 13.9. The molecule has 1 aromatic carbocycles. The summed E-state index contributed by atoms with van der Waals surface area (Å²) in [5, 5.41) is 10.5. The molecule has 1 aromatic heterocycles. The number of aromatic nitrogens is 1. The highest BCUT2D eigenvalue weighted by Gasteiger charge is 2.17. The zero-order valence-corrected chi connectivity index (χ0v) is 11.0. The third-order valence-electron chi connectivity index (χ3n) is 3.76. The van der Waals surface area contributed by atoms with Gasteiger partial charge in [0.2, 0.25) is 5.88 Å². The van der Waals surface area contributed by atoms with Crippen molar-refractivity contribution in [2.75, 3.05) is 7.11 Å². The van der Waals surface area contributed by atoms with Gasteiger partial charge in [-0.15, -0.1) is 0 Å². The number of benzene rings is 1. The first kappa shape index (κ1) is 12.0. The number of hydrogen-bond donors (Lipinski definition) is 1. The van der Waals surface area contributed by atoms with Crippen LogP contribution in [0.25, 0.3) is 11.1 Å². The van der Waals surface area contributed by atoms with Gasteiger partial charge in [-0.25, -0.2) is 4.98 Å². The first-order valence-electron chi connectivity index (χ1n) is 6.63. The quantitative estimate of drug-likeness (QED) is 0.895. The van der Waals surface area contributed by atoms with E-state index in [0.717, 1.165) is 36.0 Å². The van der Waals surface area contributed by atoms with Gasteiger partial charge in [0.1, 0.15) is 5.75 Å². The van der Waals surface area contributed by atoms with Crippen molar-refractivity contribution in [1.29, 1.82) is 0 Å². The van der Waals surface area contributed by atoms with Gasteiger partial charge >= 0.3 is 0 Å². The Morgan fingerprint density at radius 2 is 2.00 bits per heavy atom. The van der Waals surface area contributed by atoms with Crippen LogP contribution in [0.4, 0.5) is 0 Å². The molecule has 0 saturated heterocycles. The number of aromatic hydroxyl groups is 1. The highest BCUT2D eigenvalue weighted by Crippen LogP contribution is 2.38. The Bertz CT molecular complexity index is 608. The van der Waals surface area contributed by atoms with E-state index in [0.29, 0.717) is 11.6 Å². The van der Waals surface area contributed by atoms with Gasteiger partial charge in [0.25, 0.3) is 0 Å². The second kappa shape index (κ2) is 4.92. The average Bonchev–Trinajstić information content (AvgIpc) is 2.48. The Kier molecular flexibility index (Phi) is 3.11. The molecule has 0 amide bonds. The number of aryl methyl sites for hydroxylation is 1. The highest BCUT2D eigenvalue weighted by molar-refractivity contribution is 5.73. The minimum Gasteiger partial charge on any atom is -0.507 e. The van der Waals surface area contributed by atoms with Gasteiger partial charge in [-0.1, -0.05) is 12.1 Å². The maximum Gasteiger partial charge on any atom is 0.213 e. The maximum atomic E-state index is 10.5. The van der Waals surface area contributed by atoms with E-state index in [9.17, 15) is 5.11 Å². The first-order chi connectivity index (χ1) is 9.29. The standard InChI is InChI=1S/C16H17NO2/c1-19-15-10-12(8-9-17-15)14-7-6-11-4-2-3-5-13(11)16(14)18/h6-10,18H,2-5H2,1H3. The summed E-state index contributed by atoms with van der Waals surface area (Å²) in [6, 6.07) is 7.88. The van der Waals surface area contributed by atoms with Crippen molar-refractivity contribution in [3.8, 4) is 22.8 Å². The topological polar surface area (TPSA) is 42.4 Å². The number of phenols is 1. The molecule has 98 valence electrons. The summed E-state index contributed by atoms with van der Waals surface area (Å²) in [6.07, 6.45) is 6.12. The van der Waals surface area contributed by atoms with Crippen LogP contribution in [0.1, 0.15) is 24.0 Å². The molecular weight excluding hydrogens is 238 g/mol. The van der Waals surface area contributed by atoms with Crippen molar-refractivity contribution in [2.24, 2.45) is 0 Å². The van der Waals surface area contributed by atoms with Gasteiger partial charge in [0.05, 0.1) is 7.11 Å². The van der Waals surface area contributed by atoms with Crippen molar-refractivity contribution in [3.05, 3.63) is 41.6 Å². The van der Waals surface area contributed by atoms with Gasteiger partial charge in [-0.3, -0.25) is 0 Å². The summed E-state index contributed by atoms with van der Waals surface area (Å²) in [5.74, 6) is 0.986. The maximum absolute atomic E-state index is 10.5. The molecule has 0 radical (unpaired) electrons. The zero-order chi connectivity index (χ0) is 13.2. The lowest BCUT2D eigenvalue weighted by Gasteiger charge is -2.19. The Morgan fingerprint density at radius 1 is 1.16 bits per heavy atom. The Hall–Kier alpha value is -2.03. The van der Waals surface area contributed by atoms with Crippen LogP contribution < -0.4 is 4.74 Å². The van der Waals surface area contributed by atoms with Crippen LogP contribution in [-0.2, 0) is 12.8 Å². The fourth-order valence-electron chi connectivity index (χ4n) is 2.73. The number of hydrogen-bond acceptors (Lipinski definition) is 3. The molecule has 0 fully saturated rings. The number of ether oxygens (including phenoxy) is 1. The molecule has 2 aromatic rings. The lowest BCUT2D eigenvalue weighted by atomic mass is 9.88. The SMILES string of the molecule is COc1cc(-c2ccc3c(c2O)CCCC3)ccn1. The van der Waals surface area contributed by atoms with Crippen LogP contribution >= 0.6 is 0 Å². The average molecular weight is 255 g/mol. The number of pyridine rings is 1. The zero-order valence-electron chi connectivity index (χ0n) is 11.0. The molecule has 0 atom stereocenters. The monoisotopic (exact) mass is 255 g/mol. The van der Waals surface area contributed by atoms with Gasteiger partial charge in [-0.2, -0.15) is 0 Å². The summed E-state index contributed by atoms with van der Waals surface area (Å²) in [5.41, 5.74) is 4.20. The van der Waals surface area contributed by atoms with Crippen LogP contribution in [0.2, 0.25) is 0 Å². The van der Waals surface area contributed by atoms with Gasteiger partial charge < -0.3 is 9.84 Å². The van der Waals surface area contributed by atoms with Crippen molar-refractivity contribution in [3.63, 3.8) is 0 Å². The molecule has 0 aliphatic heterocycles. The van der Waals surface area contributed by atoms with Crippen LogP contribution in [0.3, 0.4) is 0 Å². The van der Waals surface area contributed by atoms with E-state index >= 15 is 0 Å². The van der Waals surface area contributed by atoms with E-state index in [1.165, 1.54) is 12.0 Å². The fourth-order valence-corrected chi connectivity index (χ4v) is 2.73. The molecule has 3 heteroatoms. The predicted octanol–water partition coefficient (Wildman–Crippen LogP) is 3.34. The second-order valence-corrected chi connectivity index (χ2v) is 4.89. The minimum absolute atomic E-state index is 0.422. The third-order valence-corrected chi connectivity index (χ3v) is 3.76. The molecule has 0 bridgehead atoms. The first-order valence-corrected chi connectivity index (χ1v) is 6.63. The van der Waals surface area contributed by atoms with Crippen LogP contribution in [0.5, 0.6) is 11.6 Å². The van der Waals surface area contributed by atoms with E-state index in [4.69, 9.17) is 4.74 Å². The molecule has 19 heavy (non-hydrogen) atoms. The molecule has 0 saturated carbocycles. The van der Waals surface area contributed by atoms with E-state index in [1.807, 2.05) is 18.2 Å². The molecule has 1 aliphatic carbocycles. The second-order valence-electron chi connectivity index (χ2n) is 4.89. The van der Waals surface area contributed by atoms with E-state index in [-0.39, 0.29) is 0 Å². The van der Waals surface area contributed by atoms with Crippen molar-refractivity contribution in [2.45, 2.75) is 25.7 Å². The molecule has 3 rings (SSSR count). The summed E-state index contributed by atoms with van der Waals surface area (Å²) in [4.78, 5) is 4.10. The summed E-state index contributed by atoms with van der Waals surface area (Å²) >= 11 is 0. The number of nitrogens with zero attached hydrogens (tertiary/aromatic N) is 1. The smallest absolute Gasteiger partial charge is 0.213 e. The van der Waals surface area contributed by atoms with E-state index in [2.05, 4.69) is 11.1 Å². The molecule has 3 nitrogen and oxygen atoms in total. The molecule has 1 heterocycles. The van der Waals surface area contributed by atoms with Crippen LogP contribution in [0, 0.1) is 0 Å². The summed E-state index contributed by atoms with van der Waals surface area (Å²) in [7, 11) is 1.60. The molecule has 1 aliphatic rings. The number of rotatable bonds is 2. The van der Waals surface area contributed by atoms with Crippen molar-refractivity contribution < 1.29 is 9.84 Å². The largest absolute Gasteiger partial charge is 0.507 e.